The number of hydrogen-bond acceptors (Lipinski definition) is 5. The second-order valence-electron chi connectivity index (χ2n) is 6.74. The van der Waals surface area contributed by atoms with E-state index in [2.05, 4.69) is 15.5 Å². The van der Waals surface area contributed by atoms with Crippen molar-refractivity contribution < 1.29 is 14.3 Å². The topological polar surface area (TPSA) is 78.3 Å². The van der Waals surface area contributed by atoms with Crippen LogP contribution in [0.2, 0.25) is 0 Å². The molecule has 7 heteroatoms. The van der Waals surface area contributed by atoms with Crippen LogP contribution in [0.3, 0.4) is 0 Å². The first kappa shape index (κ1) is 18.0. The normalized spacial score (nSPS) is 13.3. The van der Waals surface area contributed by atoms with Crippen LogP contribution in [0.1, 0.15) is 29.3 Å². The Kier molecular flexibility index (Phi) is 5.23. The minimum atomic E-state index is -0.0643. The molecule has 28 heavy (non-hydrogen) atoms. The Morgan fingerprint density at radius 1 is 1.14 bits per heavy atom. The van der Waals surface area contributed by atoms with Crippen LogP contribution in [-0.4, -0.2) is 34.0 Å². The molecule has 4 rings (SSSR count). The fourth-order valence-electron chi connectivity index (χ4n) is 3.35. The number of rotatable bonds is 7. The Morgan fingerprint density at radius 2 is 1.96 bits per heavy atom. The van der Waals surface area contributed by atoms with E-state index in [1.54, 1.807) is 6.33 Å². The molecule has 0 unspecified atom stereocenters. The number of aryl methyl sites for hydroxylation is 1. The summed E-state index contributed by atoms with van der Waals surface area (Å²) in [5, 5.41) is 10.9. The van der Waals surface area contributed by atoms with Crippen molar-refractivity contribution in [3.8, 4) is 11.5 Å². The number of ether oxygens (including phenoxy) is 2. The molecule has 7 nitrogen and oxygen atoms in total. The third-order valence-corrected chi connectivity index (χ3v) is 4.87. The summed E-state index contributed by atoms with van der Waals surface area (Å²) in [6.07, 6.45) is 2.65. The summed E-state index contributed by atoms with van der Waals surface area (Å²) in [6, 6.07) is 15.9. The van der Waals surface area contributed by atoms with Gasteiger partial charge in [0.05, 0.1) is 0 Å². The Bertz CT molecular complexity index is 955. The molecule has 1 aliphatic heterocycles. The zero-order valence-corrected chi connectivity index (χ0v) is 15.7. The highest BCUT2D eigenvalue weighted by molar-refractivity contribution is 5.77. The molecule has 0 spiro atoms. The summed E-state index contributed by atoms with van der Waals surface area (Å²) in [4.78, 5) is 12.6. The highest BCUT2D eigenvalue weighted by Gasteiger charge is 2.21. The van der Waals surface area contributed by atoms with Crippen molar-refractivity contribution >= 4 is 5.91 Å². The van der Waals surface area contributed by atoms with Crippen LogP contribution in [-0.2, 0) is 18.3 Å². The van der Waals surface area contributed by atoms with Crippen molar-refractivity contribution in [2.45, 2.75) is 18.8 Å². The van der Waals surface area contributed by atoms with E-state index in [1.807, 2.05) is 60.1 Å². The Hall–Kier alpha value is -3.35. The molecule has 1 aliphatic rings. The molecule has 1 aromatic heterocycles. The van der Waals surface area contributed by atoms with E-state index in [0.29, 0.717) is 19.4 Å². The van der Waals surface area contributed by atoms with Crippen LogP contribution in [0, 0.1) is 0 Å². The Balaban J connectivity index is 1.46. The van der Waals surface area contributed by atoms with E-state index in [9.17, 15) is 4.79 Å². The van der Waals surface area contributed by atoms with Crippen LogP contribution < -0.4 is 14.8 Å². The van der Waals surface area contributed by atoms with Crippen molar-refractivity contribution in [2.75, 3.05) is 13.3 Å². The van der Waals surface area contributed by atoms with E-state index in [1.165, 1.54) is 0 Å². The van der Waals surface area contributed by atoms with Gasteiger partial charge in [-0.25, -0.2) is 0 Å². The van der Waals surface area contributed by atoms with Crippen LogP contribution >= 0.6 is 0 Å². The van der Waals surface area contributed by atoms with Gasteiger partial charge in [0.25, 0.3) is 0 Å². The minimum absolute atomic E-state index is 0.00584. The number of hydrogen-bond donors (Lipinski definition) is 1. The van der Waals surface area contributed by atoms with Crippen LogP contribution in [0.5, 0.6) is 11.5 Å². The van der Waals surface area contributed by atoms with Crippen LogP contribution in [0.25, 0.3) is 0 Å². The molecule has 2 heterocycles. The van der Waals surface area contributed by atoms with Gasteiger partial charge in [0.1, 0.15) is 12.2 Å². The number of nitrogens with zero attached hydrogens (tertiary/aromatic N) is 3. The zero-order valence-electron chi connectivity index (χ0n) is 15.7. The molecular formula is C21H22N4O3. The predicted molar refractivity (Wildman–Crippen MR) is 103 cm³/mol. The Labute approximate surface area is 163 Å². The molecule has 1 amide bonds. The number of carbonyl (C=O) groups is 1. The predicted octanol–water partition coefficient (Wildman–Crippen LogP) is 2.42. The maximum atomic E-state index is 12.6. The van der Waals surface area contributed by atoms with Crippen molar-refractivity contribution in [1.29, 1.82) is 0 Å². The number of amides is 1. The lowest BCUT2D eigenvalue weighted by Gasteiger charge is -2.18. The molecule has 0 fully saturated rings. The van der Waals surface area contributed by atoms with Crippen LogP contribution in [0.15, 0.2) is 54.9 Å². The van der Waals surface area contributed by atoms with Gasteiger partial charge in [-0.15, -0.1) is 10.2 Å². The quantitative estimate of drug-likeness (QED) is 0.683. The lowest BCUT2D eigenvalue weighted by Crippen LogP contribution is -2.28. The molecule has 0 saturated carbocycles. The lowest BCUT2D eigenvalue weighted by molar-refractivity contribution is -0.121. The summed E-state index contributed by atoms with van der Waals surface area (Å²) >= 11 is 0. The Morgan fingerprint density at radius 3 is 2.75 bits per heavy atom. The first-order valence-corrected chi connectivity index (χ1v) is 9.25. The van der Waals surface area contributed by atoms with Crippen molar-refractivity contribution in [1.82, 2.24) is 20.1 Å². The zero-order chi connectivity index (χ0) is 19.3. The average molecular weight is 378 g/mol. The summed E-state index contributed by atoms with van der Waals surface area (Å²) in [5.74, 6) is 2.24. The number of benzene rings is 2. The fraction of sp³-hybridized carbons (Fsp3) is 0.286. The second-order valence-corrected chi connectivity index (χ2v) is 6.74. The molecule has 144 valence electrons. The van der Waals surface area contributed by atoms with Gasteiger partial charge in [-0.2, -0.15) is 0 Å². The van der Waals surface area contributed by atoms with Gasteiger partial charge in [-0.3, -0.25) is 4.79 Å². The second kappa shape index (κ2) is 8.12. The average Bonchev–Trinajstić information content (AvgIpc) is 3.35. The highest BCUT2D eigenvalue weighted by Crippen LogP contribution is 2.37. The van der Waals surface area contributed by atoms with E-state index in [4.69, 9.17) is 9.47 Å². The largest absolute Gasteiger partial charge is 0.454 e. The van der Waals surface area contributed by atoms with Gasteiger partial charge >= 0.3 is 0 Å². The molecule has 3 aromatic rings. The molecule has 1 N–H and O–H groups in total. The summed E-state index contributed by atoms with van der Waals surface area (Å²) in [6.45, 7) is 0.755. The van der Waals surface area contributed by atoms with E-state index < -0.39 is 0 Å². The number of carbonyl (C=O) groups excluding carboxylic acids is 1. The van der Waals surface area contributed by atoms with Gasteiger partial charge in [-0.05, 0) is 23.3 Å². The molecule has 0 bridgehead atoms. The SMILES string of the molecule is Cn1cnnc1CCNC(=O)C[C@@H](c1ccccc1)c1ccc2c(c1)OCO2. The van der Waals surface area contributed by atoms with Crippen molar-refractivity contribution in [3.05, 3.63) is 71.8 Å². The molecule has 0 saturated heterocycles. The molecular weight excluding hydrogens is 356 g/mol. The van der Waals surface area contributed by atoms with Gasteiger partial charge in [-0.1, -0.05) is 36.4 Å². The number of aromatic nitrogens is 3. The van der Waals surface area contributed by atoms with E-state index in [-0.39, 0.29) is 18.6 Å². The molecule has 2 aromatic carbocycles. The minimum Gasteiger partial charge on any atom is -0.454 e. The monoisotopic (exact) mass is 378 g/mol. The molecule has 1 atom stereocenters. The first-order valence-electron chi connectivity index (χ1n) is 9.25. The first-order chi connectivity index (χ1) is 13.7. The summed E-state index contributed by atoms with van der Waals surface area (Å²) < 4.78 is 12.8. The van der Waals surface area contributed by atoms with Crippen molar-refractivity contribution in [3.63, 3.8) is 0 Å². The number of fused-ring (bicyclic) bond motifs is 1. The maximum absolute atomic E-state index is 12.6. The smallest absolute Gasteiger partial charge is 0.231 e. The molecule has 0 radical (unpaired) electrons. The summed E-state index contributed by atoms with van der Waals surface area (Å²) in [7, 11) is 1.89. The third kappa shape index (κ3) is 3.98. The van der Waals surface area contributed by atoms with Crippen molar-refractivity contribution in [2.24, 2.45) is 7.05 Å². The van der Waals surface area contributed by atoms with Gasteiger partial charge in [0, 0.05) is 32.4 Å². The van der Waals surface area contributed by atoms with E-state index in [0.717, 1.165) is 28.5 Å². The fourth-order valence-corrected chi connectivity index (χ4v) is 3.35. The molecule has 0 aliphatic carbocycles. The van der Waals surface area contributed by atoms with Crippen LogP contribution in [0.4, 0.5) is 0 Å². The van der Waals surface area contributed by atoms with Gasteiger partial charge in [0.2, 0.25) is 12.7 Å². The summed E-state index contributed by atoms with van der Waals surface area (Å²) in [5.41, 5.74) is 2.11. The third-order valence-electron chi connectivity index (χ3n) is 4.87. The van der Waals surface area contributed by atoms with E-state index >= 15 is 0 Å². The lowest BCUT2D eigenvalue weighted by atomic mass is 9.88. The van der Waals surface area contributed by atoms with Gasteiger partial charge < -0.3 is 19.4 Å². The number of nitrogens with one attached hydrogen (secondary N) is 1. The van der Waals surface area contributed by atoms with Gasteiger partial charge in [0.15, 0.2) is 11.5 Å². The standard InChI is InChI=1S/C21H22N4O3/c1-25-13-23-24-20(25)9-10-22-21(26)12-17(15-5-3-2-4-6-15)16-7-8-18-19(11-16)28-14-27-18/h2-8,11,13,17H,9-10,12,14H2,1H3,(H,22,26)/t17-/m0/s1. The maximum Gasteiger partial charge on any atom is 0.231 e. The highest BCUT2D eigenvalue weighted by atomic mass is 16.7.